The highest BCUT2D eigenvalue weighted by molar-refractivity contribution is 6.10. The van der Waals surface area contributed by atoms with Crippen molar-refractivity contribution in [3.8, 4) is 16.9 Å². The van der Waals surface area contributed by atoms with E-state index in [4.69, 9.17) is 9.72 Å². The Morgan fingerprint density at radius 1 is 1.16 bits per heavy atom. The van der Waals surface area contributed by atoms with E-state index < -0.39 is 0 Å². The van der Waals surface area contributed by atoms with Gasteiger partial charge in [-0.15, -0.1) is 0 Å². The highest BCUT2D eigenvalue weighted by Gasteiger charge is 2.37. The van der Waals surface area contributed by atoms with Crippen LogP contribution in [0.3, 0.4) is 0 Å². The van der Waals surface area contributed by atoms with E-state index in [1.807, 2.05) is 48.4 Å². The molecule has 0 aliphatic carbocycles. The van der Waals surface area contributed by atoms with E-state index >= 15 is 0 Å². The van der Waals surface area contributed by atoms with E-state index in [1.54, 1.807) is 19.5 Å². The van der Waals surface area contributed by atoms with E-state index in [1.165, 1.54) is 0 Å². The van der Waals surface area contributed by atoms with Gasteiger partial charge in [-0.1, -0.05) is 12.1 Å². The van der Waals surface area contributed by atoms with Crippen LogP contribution < -0.4 is 19.9 Å². The summed E-state index contributed by atoms with van der Waals surface area (Å²) in [6.45, 7) is 4.22. The third kappa shape index (κ3) is 3.62. The summed E-state index contributed by atoms with van der Waals surface area (Å²) in [6.07, 6.45) is 7.32. The summed E-state index contributed by atoms with van der Waals surface area (Å²) in [5.74, 6) is 1.99. The average molecular weight is 431 g/mol. The zero-order valence-corrected chi connectivity index (χ0v) is 18.3. The lowest BCUT2D eigenvalue weighted by Gasteiger charge is -2.27. The number of benzene rings is 1. The summed E-state index contributed by atoms with van der Waals surface area (Å²) >= 11 is 0. The van der Waals surface area contributed by atoms with Crippen molar-refractivity contribution in [1.82, 2.24) is 15.0 Å². The molecule has 1 saturated heterocycles. The molecule has 1 N–H and O–H groups in total. The Hall–Kier alpha value is -3.68. The van der Waals surface area contributed by atoms with Gasteiger partial charge in [0.05, 0.1) is 19.0 Å². The van der Waals surface area contributed by atoms with Crippen molar-refractivity contribution < 1.29 is 9.53 Å². The van der Waals surface area contributed by atoms with Crippen molar-refractivity contribution in [3.05, 3.63) is 54.5 Å². The number of methoxy groups -OCH3 is 1. The van der Waals surface area contributed by atoms with Gasteiger partial charge in [0, 0.05) is 43.6 Å². The number of ether oxygens (including phenoxy) is 1. The molecule has 164 valence electrons. The summed E-state index contributed by atoms with van der Waals surface area (Å²) in [5.41, 5.74) is 3.28. The first kappa shape index (κ1) is 20.2. The fourth-order valence-corrected chi connectivity index (χ4v) is 4.47. The highest BCUT2D eigenvalue weighted by Crippen LogP contribution is 2.35. The maximum atomic E-state index is 13.6. The molecule has 3 aromatic rings. The van der Waals surface area contributed by atoms with E-state index in [9.17, 15) is 4.79 Å². The second kappa shape index (κ2) is 8.45. The van der Waals surface area contributed by atoms with E-state index in [-0.39, 0.29) is 11.9 Å². The van der Waals surface area contributed by atoms with Gasteiger partial charge in [0.15, 0.2) is 0 Å². The third-order valence-corrected chi connectivity index (χ3v) is 6.08. The molecule has 0 spiro atoms. The van der Waals surface area contributed by atoms with Crippen LogP contribution in [0, 0.1) is 0 Å². The first-order chi connectivity index (χ1) is 15.7. The number of anilines is 3. The van der Waals surface area contributed by atoms with E-state index in [0.29, 0.717) is 18.1 Å². The van der Waals surface area contributed by atoms with Crippen LogP contribution in [0.4, 0.5) is 17.5 Å². The number of fused-ring (bicyclic) bond motifs is 3. The molecule has 32 heavy (non-hydrogen) atoms. The number of nitrogens with zero attached hydrogens (tertiary/aromatic N) is 5. The first-order valence-corrected chi connectivity index (χ1v) is 11.0. The smallest absolute Gasteiger partial charge is 0.263 e. The van der Waals surface area contributed by atoms with Crippen molar-refractivity contribution in [3.63, 3.8) is 0 Å². The standard InChI is InChI=1S/C24H26N6O2/c1-3-26-24-27-14-21-22(28-24)29-10-4-5-18(29)15-30(23(21)31)19-11-17(12-25-13-19)16-6-8-20(32-2)9-7-16/h6-9,11-14,18H,3-5,10,15H2,1-2H3,(H,26,27,28)/t18-/m0/s1. The SMILES string of the molecule is CCNc1ncc2c(n1)N1CCC[C@H]1CN(c1cncc(-c3ccc(OC)cc3)c1)C2=O. The van der Waals surface area contributed by atoms with Crippen LogP contribution in [-0.4, -0.2) is 53.6 Å². The molecule has 0 bridgehead atoms. The first-order valence-electron chi connectivity index (χ1n) is 11.0. The fraction of sp³-hybridized carbons (Fsp3) is 0.333. The van der Waals surface area contributed by atoms with Crippen molar-refractivity contribution in [2.75, 3.05) is 41.9 Å². The molecule has 1 atom stereocenters. The Morgan fingerprint density at radius 2 is 2.00 bits per heavy atom. The molecule has 0 radical (unpaired) electrons. The minimum Gasteiger partial charge on any atom is -0.497 e. The van der Waals surface area contributed by atoms with Crippen molar-refractivity contribution in [2.24, 2.45) is 0 Å². The van der Waals surface area contributed by atoms with E-state index in [0.717, 1.165) is 54.3 Å². The predicted octanol–water partition coefficient (Wildman–Crippen LogP) is 3.61. The molecule has 4 heterocycles. The molecule has 5 rings (SSSR count). The van der Waals surface area contributed by atoms with Gasteiger partial charge in [-0.3, -0.25) is 9.78 Å². The fourth-order valence-electron chi connectivity index (χ4n) is 4.47. The molecule has 0 saturated carbocycles. The van der Waals surface area contributed by atoms with Crippen LogP contribution in [0.25, 0.3) is 11.1 Å². The number of hydrogen-bond donors (Lipinski definition) is 1. The van der Waals surface area contributed by atoms with Gasteiger partial charge < -0.3 is 19.9 Å². The van der Waals surface area contributed by atoms with Crippen LogP contribution in [0.2, 0.25) is 0 Å². The van der Waals surface area contributed by atoms with Crippen molar-refractivity contribution in [2.45, 2.75) is 25.8 Å². The maximum Gasteiger partial charge on any atom is 0.263 e. The number of amides is 1. The van der Waals surface area contributed by atoms with Crippen molar-refractivity contribution >= 4 is 23.4 Å². The molecular formula is C24H26N6O2. The van der Waals surface area contributed by atoms with Crippen molar-refractivity contribution in [1.29, 1.82) is 0 Å². The molecule has 2 aromatic heterocycles. The topological polar surface area (TPSA) is 83.5 Å². The summed E-state index contributed by atoms with van der Waals surface area (Å²) in [7, 11) is 1.65. The Kier molecular flexibility index (Phi) is 5.34. The highest BCUT2D eigenvalue weighted by atomic mass is 16.5. The normalized spacial score (nSPS) is 17.6. The number of hydrogen-bond acceptors (Lipinski definition) is 7. The Bertz CT molecular complexity index is 1130. The molecule has 1 aromatic carbocycles. The molecule has 1 fully saturated rings. The minimum atomic E-state index is -0.0915. The lowest BCUT2D eigenvalue weighted by molar-refractivity contribution is 0.0988. The minimum absolute atomic E-state index is 0.0915. The van der Waals surface area contributed by atoms with Crippen LogP contribution in [0.15, 0.2) is 48.9 Å². The Labute approximate surface area is 187 Å². The molecule has 2 aliphatic rings. The Balaban J connectivity index is 1.53. The van der Waals surface area contributed by atoms with Gasteiger partial charge >= 0.3 is 0 Å². The molecule has 8 heteroatoms. The van der Waals surface area contributed by atoms with Gasteiger partial charge in [-0.2, -0.15) is 4.98 Å². The molecule has 2 aliphatic heterocycles. The summed E-state index contributed by atoms with van der Waals surface area (Å²) in [5, 5.41) is 3.16. The van der Waals surface area contributed by atoms with Crippen LogP contribution >= 0.6 is 0 Å². The summed E-state index contributed by atoms with van der Waals surface area (Å²) in [4.78, 5) is 31.2. The number of aromatic nitrogens is 3. The van der Waals surface area contributed by atoms with Gasteiger partial charge in [-0.25, -0.2) is 4.98 Å². The van der Waals surface area contributed by atoms with Crippen LogP contribution in [-0.2, 0) is 0 Å². The average Bonchev–Trinajstić information content (AvgIpc) is 3.26. The lowest BCUT2D eigenvalue weighted by atomic mass is 10.1. The predicted molar refractivity (Wildman–Crippen MR) is 124 cm³/mol. The Morgan fingerprint density at radius 3 is 2.78 bits per heavy atom. The monoisotopic (exact) mass is 430 g/mol. The number of rotatable bonds is 5. The maximum absolute atomic E-state index is 13.6. The number of nitrogens with one attached hydrogen (secondary N) is 1. The number of carbonyl (C=O) groups is 1. The summed E-state index contributed by atoms with van der Waals surface area (Å²) < 4.78 is 5.26. The lowest BCUT2D eigenvalue weighted by Crippen LogP contribution is -2.39. The second-order valence-corrected chi connectivity index (χ2v) is 8.03. The van der Waals surface area contributed by atoms with Gasteiger partial charge in [0.2, 0.25) is 5.95 Å². The van der Waals surface area contributed by atoms with Gasteiger partial charge in [0.1, 0.15) is 17.1 Å². The molecule has 1 amide bonds. The van der Waals surface area contributed by atoms with Gasteiger partial charge in [-0.05, 0) is 43.5 Å². The molecule has 0 unspecified atom stereocenters. The van der Waals surface area contributed by atoms with Gasteiger partial charge in [0.25, 0.3) is 5.91 Å². The largest absolute Gasteiger partial charge is 0.497 e. The van der Waals surface area contributed by atoms with Crippen LogP contribution in [0.5, 0.6) is 5.75 Å². The van der Waals surface area contributed by atoms with E-state index in [2.05, 4.69) is 20.2 Å². The zero-order valence-electron chi connectivity index (χ0n) is 18.3. The van der Waals surface area contributed by atoms with Crippen LogP contribution in [0.1, 0.15) is 30.1 Å². The quantitative estimate of drug-likeness (QED) is 0.662. The zero-order chi connectivity index (χ0) is 22.1. The number of pyridine rings is 1. The third-order valence-electron chi connectivity index (χ3n) is 6.08. The summed E-state index contributed by atoms with van der Waals surface area (Å²) in [6, 6.07) is 10.1. The molecular weight excluding hydrogens is 404 g/mol. The number of carbonyl (C=O) groups excluding carboxylic acids is 1. The molecule has 8 nitrogen and oxygen atoms in total. The second-order valence-electron chi connectivity index (χ2n) is 8.03.